The molecule has 2 rings (SSSR count). The molecule has 1 aromatic heterocycles. The summed E-state index contributed by atoms with van der Waals surface area (Å²) in [4.78, 5) is 4.48. The molecule has 0 aliphatic carbocycles. The van der Waals surface area contributed by atoms with E-state index in [2.05, 4.69) is 34.1 Å². The minimum atomic E-state index is 0.367. The lowest BCUT2D eigenvalue weighted by atomic mass is 10.0. The number of aryl methyl sites for hydroxylation is 1. The van der Waals surface area contributed by atoms with Gasteiger partial charge in [0.25, 0.3) is 0 Å². The monoisotopic (exact) mass is 291 g/mol. The molecular weight excluding hydrogens is 270 g/mol. The summed E-state index contributed by atoms with van der Waals surface area (Å²) in [5.41, 5.74) is 1.26. The molecule has 0 spiro atoms. The van der Waals surface area contributed by atoms with Gasteiger partial charge in [0.1, 0.15) is 5.82 Å². The Balaban J connectivity index is 2.03. The van der Waals surface area contributed by atoms with Crippen LogP contribution in [0.5, 0.6) is 0 Å². The molecule has 0 aliphatic heterocycles. The summed E-state index contributed by atoms with van der Waals surface area (Å²) in [5, 5.41) is 4.18. The number of hydrogen-bond acceptors (Lipinski definition) is 2. The largest absolute Gasteiger partial charge is 0.335 e. The molecule has 108 valence electrons. The minimum absolute atomic E-state index is 0.367. The molecule has 1 unspecified atom stereocenters. The van der Waals surface area contributed by atoms with Crippen LogP contribution in [0.3, 0.4) is 0 Å². The number of hydrogen-bond donors (Lipinski definition) is 1. The van der Waals surface area contributed by atoms with E-state index in [0.717, 1.165) is 36.7 Å². The zero-order valence-corrected chi connectivity index (χ0v) is 12.9. The van der Waals surface area contributed by atoms with E-state index in [1.54, 1.807) is 0 Å². The van der Waals surface area contributed by atoms with Crippen LogP contribution in [0, 0.1) is 0 Å². The van der Waals surface area contributed by atoms with Gasteiger partial charge in [-0.3, -0.25) is 0 Å². The summed E-state index contributed by atoms with van der Waals surface area (Å²) in [5.74, 6) is 1.15. The van der Waals surface area contributed by atoms with Crippen molar-refractivity contribution in [3.8, 4) is 0 Å². The zero-order valence-electron chi connectivity index (χ0n) is 12.1. The Morgan fingerprint density at radius 1 is 1.35 bits per heavy atom. The summed E-state index contributed by atoms with van der Waals surface area (Å²) in [6.45, 7) is 3.22. The van der Waals surface area contributed by atoms with Crippen LogP contribution < -0.4 is 5.32 Å². The Morgan fingerprint density at radius 3 is 2.90 bits per heavy atom. The quantitative estimate of drug-likeness (QED) is 0.848. The fraction of sp³-hybridized carbons (Fsp3) is 0.438. The first kappa shape index (κ1) is 15.1. The molecule has 2 aromatic rings. The lowest BCUT2D eigenvalue weighted by Gasteiger charge is -2.17. The molecule has 1 aromatic carbocycles. The van der Waals surface area contributed by atoms with Crippen molar-refractivity contribution < 1.29 is 0 Å². The zero-order chi connectivity index (χ0) is 14.4. The molecule has 1 N–H and O–H groups in total. The average Bonchev–Trinajstić information content (AvgIpc) is 2.86. The van der Waals surface area contributed by atoms with E-state index >= 15 is 0 Å². The molecule has 20 heavy (non-hydrogen) atoms. The Labute approximate surface area is 126 Å². The van der Waals surface area contributed by atoms with Crippen LogP contribution >= 0.6 is 11.6 Å². The second kappa shape index (κ2) is 7.46. The first-order valence-corrected chi connectivity index (χ1v) is 7.52. The summed E-state index contributed by atoms with van der Waals surface area (Å²) >= 11 is 6.04. The number of nitrogens with zero attached hydrogens (tertiary/aromatic N) is 2. The molecule has 1 atom stereocenters. The maximum absolute atomic E-state index is 6.04. The van der Waals surface area contributed by atoms with E-state index in [1.807, 2.05) is 31.4 Å². The van der Waals surface area contributed by atoms with Gasteiger partial charge in [0.15, 0.2) is 0 Å². The number of imidazole rings is 1. The molecule has 0 fully saturated rings. The van der Waals surface area contributed by atoms with Crippen LogP contribution in [-0.4, -0.2) is 22.6 Å². The van der Waals surface area contributed by atoms with Crippen LogP contribution in [0.2, 0.25) is 5.02 Å². The van der Waals surface area contributed by atoms with Crippen molar-refractivity contribution in [2.75, 3.05) is 7.05 Å². The van der Waals surface area contributed by atoms with Crippen molar-refractivity contribution in [3.63, 3.8) is 0 Å². The lowest BCUT2D eigenvalue weighted by Crippen LogP contribution is -2.31. The number of nitrogens with one attached hydrogen (secondary N) is 1. The Kier molecular flexibility index (Phi) is 5.62. The average molecular weight is 292 g/mol. The topological polar surface area (TPSA) is 29.9 Å². The second-order valence-electron chi connectivity index (χ2n) is 5.06. The fourth-order valence-corrected chi connectivity index (χ4v) is 2.63. The van der Waals surface area contributed by atoms with Crippen LogP contribution in [0.4, 0.5) is 0 Å². The first-order chi connectivity index (χ1) is 9.72. The Bertz CT molecular complexity index is 536. The number of likely N-dealkylation sites (N-methyl/N-ethyl adjacent to an activating group) is 1. The molecule has 0 saturated heterocycles. The van der Waals surface area contributed by atoms with Crippen LogP contribution in [-0.2, 0) is 19.4 Å². The highest BCUT2D eigenvalue weighted by Gasteiger charge is 2.12. The lowest BCUT2D eigenvalue weighted by molar-refractivity contribution is 0.520. The summed E-state index contributed by atoms with van der Waals surface area (Å²) < 4.78 is 2.24. The van der Waals surface area contributed by atoms with Gasteiger partial charge < -0.3 is 9.88 Å². The van der Waals surface area contributed by atoms with E-state index < -0.39 is 0 Å². The summed E-state index contributed by atoms with van der Waals surface area (Å²) in [7, 11) is 2.00. The van der Waals surface area contributed by atoms with Crippen LogP contribution in [0.15, 0.2) is 36.7 Å². The smallest absolute Gasteiger partial charge is 0.110 e. The summed E-state index contributed by atoms with van der Waals surface area (Å²) in [6.07, 6.45) is 6.95. The van der Waals surface area contributed by atoms with Gasteiger partial charge >= 0.3 is 0 Å². The van der Waals surface area contributed by atoms with Crippen molar-refractivity contribution in [2.24, 2.45) is 0 Å². The van der Waals surface area contributed by atoms with E-state index in [9.17, 15) is 0 Å². The molecule has 0 saturated carbocycles. The number of benzene rings is 1. The van der Waals surface area contributed by atoms with Crippen molar-refractivity contribution in [3.05, 3.63) is 53.1 Å². The van der Waals surface area contributed by atoms with Gasteiger partial charge in [-0.1, -0.05) is 30.7 Å². The molecule has 0 amide bonds. The minimum Gasteiger partial charge on any atom is -0.335 e. The van der Waals surface area contributed by atoms with Crippen LogP contribution in [0.1, 0.15) is 24.7 Å². The van der Waals surface area contributed by atoms with E-state index in [-0.39, 0.29) is 0 Å². The van der Waals surface area contributed by atoms with Gasteiger partial charge in [-0.25, -0.2) is 4.98 Å². The third-order valence-corrected chi connectivity index (χ3v) is 3.71. The molecular formula is C16H22ClN3. The Hall–Kier alpha value is -1.32. The molecule has 3 nitrogen and oxygen atoms in total. The molecule has 4 heteroatoms. The number of rotatable bonds is 7. The van der Waals surface area contributed by atoms with Gasteiger partial charge in [0.05, 0.1) is 0 Å². The molecule has 1 heterocycles. The highest BCUT2D eigenvalue weighted by atomic mass is 35.5. The molecule has 0 radical (unpaired) electrons. The SMILES string of the molecule is CCCn1ccnc1CC(Cc1cccc(Cl)c1)NC. The first-order valence-electron chi connectivity index (χ1n) is 7.14. The normalized spacial score (nSPS) is 12.6. The predicted molar refractivity (Wildman–Crippen MR) is 84.2 cm³/mol. The highest BCUT2D eigenvalue weighted by Crippen LogP contribution is 2.14. The van der Waals surface area contributed by atoms with Crippen LogP contribution in [0.25, 0.3) is 0 Å². The van der Waals surface area contributed by atoms with Crippen molar-refractivity contribution in [2.45, 2.75) is 38.8 Å². The van der Waals surface area contributed by atoms with Gasteiger partial charge in [-0.05, 0) is 37.6 Å². The molecule has 0 bridgehead atoms. The van der Waals surface area contributed by atoms with Crippen molar-refractivity contribution in [1.82, 2.24) is 14.9 Å². The van der Waals surface area contributed by atoms with E-state index in [1.165, 1.54) is 5.56 Å². The van der Waals surface area contributed by atoms with Gasteiger partial charge in [-0.15, -0.1) is 0 Å². The van der Waals surface area contributed by atoms with Crippen molar-refractivity contribution >= 4 is 11.6 Å². The van der Waals surface area contributed by atoms with E-state index in [0.29, 0.717) is 6.04 Å². The van der Waals surface area contributed by atoms with Gasteiger partial charge in [-0.2, -0.15) is 0 Å². The maximum atomic E-state index is 6.04. The third kappa shape index (κ3) is 4.09. The number of aromatic nitrogens is 2. The predicted octanol–water partition coefficient (Wildman–Crippen LogP) is 3.32. The Morgan fingerprint density at radius 2 is 2.20 bits per heavy atom. The van der Waals surface area contributed by atoms with Gasteiger partial charge in [0, 0.05) is 36.4 Å². The fourth-order valence-electron chi connectivity index (χ4n) is 2.42. The van der Waals surface area contributed by atoms with Gasteiger partial charge in [0.2, 0.25) is 0 Å². The summed E-state index contributed by atoms with van der Waals surface area (Å²) in [6, 6.07) is 8.43. The second-order valence-corrected chi connectivity index (χ2v) is 5.50. The molecule has 0 aliphatic rings. The number of halogens is 1. The highest BCUT2D eigenvalue weighted by molar-refractivity contribution is 6.30. The maximum Gasteiger partial charge on any atom is 0.110 e. The third-order valence-electron chi connectivity index (χ3n) is 3.47. The van der Waals surface area contributed by atoms with Crippen molar-refractivity contribution in [1.29, 1.82) is 0 Å². The van der Waals surface area contributed by atoms with E-state index in [4.69, 9.17) is 11.6 Å². The standard InChI is InChI=1S/C16H22ClN3/c1-3-8-20-9-7-19-16(20)12-15(18-2)11-13-5-4-6-14(17)10-13/h4-7,9-10,15,18H,3,8,11-12H2,1-2H3.